The van der Waals surface area contributed by atoms with Crippen LogP contribution in [0.5, 0.6) is 5.75 Å². The van der Waals surface area contributed by atoms with Crippen LogP contribution in [0.2, 0.25) is 0 Å². The molecule has 0 radical (unpaired) electrons. The molecule has 1 saturated carbocycles. The molecule has 1 fully saturated rings. The Morgan fingerprint density at radius 1 is 1.00 bits per heavy atom. The van der Waals surface area contributed by atoms with Gasteiger partial charge in [-0.05, 0) is 56.0 Å². The predicted octanol–water partition coefficient (Wildman–Crippen LogP) is 3.05. The van der Waals surface area contributed by atoms with Crippen LogP contribution in [0, 0.1) is 0 Å². The van der Waals surface area contributed by atoms with Crippen LogP contribution in [0.1, 0.15) is 25.7 Å². The van der Waals surface area contributed by atoms with E-state index < -0.39 is 0 Å². The van der Waals surface area contributed by atoms with Gasteiger partial charge < -0.3 is 20.5 Å². The molecule has 1 aliphatic rings. The number of anilines is 1. The Labute approximate surface area is 139 Å². The molecule has 6 heteroatoms. The molecule has 0 atom stereocenters. The first-order valence-electron chi connectivity index (χ1n) is 8.28. The van der Waals surface area contributed by atoms with Crippen LogP contribution in [0.3, 0.4) is 0 Å². The third kappa shape index (κ3) is 2.92. The number of nitrogens with zero attached hydrogens (tertiary/aromatic N) is 2. The molecule has 0 aliphatic heterocycles. The van der Waals surface area contributed by atoms with Gasteiger partial charge in [-0.1, -0.05) is 0 Å². The molecule has 2 heterocycles. The van der Waals surface area contributed by atoms with Gasteiger partial charge in [-0.25, -0.2) is 9.97 Å². The smallest absolute Gasteiger partial charge is 0.163 e. The van der Waals surface area contributed by atoms with Crippen LogP contribution >= 0.6 is 0 Å². The summed E-state index contributed by atoms with van der Waals surface area (Å²) in [5.74, 6) is 1.65. The second kappa shape index (κ2) is 6.13. The highest BCUT2D eigenvalue weighted by molar-refractivity contribution is 5.88. The van der Waals surface area contributed by atoms with Crippen molar-refractivity contribution in [3.8, 4) is 17.1 Å². The number of H-pyrrole nitrogens is 1. The first-order chi connectivity index (χ1) is 11.7. The number of aromatic amines is 1. The second-order valence-corrected chi connectivity index (χ2v) is 6.33. The molecule has 124 valence electrons. The van der Waals surface area contributed by atoms with Gasteiger partial charge in [0.15, 0.2) is 5.82 Å². The highest BCUT2D eigenvalue weighted by Crippen LogP contribution is 2.28. The second-order valence-electron chi connectivity index (χ2n) is 6.33. The van der Waals surface area contributed by atoms with Crippen LogP contribution in [-0.2, 0) is 0 Å². The molecular formula is C18H20N4O2. The fourth-order valence-corrected chi connectivity index (χ4v) is 3.20. The lowest BCUT2D eigenvalue weighted by atomic mass is 9.93. The first-order valence-corrected chi connectivity index (χ1v) is 8.28. The number of hydrogen-bond donors (Lipinski definition) is 4. The number of aromatic hydroxyl groups is 1. The monoisotopic (exact) mass is 324 g/mol. The summed E-state index contributed by atoms with van der Waals surface area (Å²) in [6, 6.07) is 9.16. The van der Waals surface area contributed by atoms with E-state index in [0.717, 1.165) is 48.1 Å². The van der Waals surface area contributed by atoms with Crippen molar-refractivity contribution >= 4 is 16.9 Å². The molecule has 0 amide bonds. The molecule has 2 aromatic heterocycles. The summed E-state index contributed by atoms with van der Waals surface area (Å²) in [5, 5.41) is 23.6. The minimum atomic E-state index is -0.173. The zero-order valence-corrected chi connectivity index (χ0v) is 13.2. The van der Waals surface area contributed by atoms with Gasteiger partial charge >= 0.3 is 0 Å². The molecular weight excluding hydrogens is 304 g/mol. The van der Waals surface area contributed by atoms with E-state index >= 15 is 0 Å². The highest BCUT2D eigenvalue weighted by Gasteiger charge is 2.21. The Balaban J connectivity index is 1.68. The molecule has 0 saturated heterocycles. The Morgan fingerprint density at radius 3 is 2.50 bits per heavy atom. The highest BCUT2D eigenvalue weighted by atomic mass is 16.3. The number of rotatable bonds is 3. The number of hydrogen-bond acceptors (Lipinski definition) is 5. The topological polar surface area (TPSA) is 94.1 Å². The van der Waals surface area contributed by atoms with Crippen molar-refractivity contribution in [2.24, 2.45) is 0 Å². The summed E-state index contributed by atoms with van der Waals surface area (Å²) >= 11 is 0. The minimum absolute atomic E-state index is 0.173. The fraction of sp³-hybridized carbons (Fsp3) is 0.333. The summed E-state index contributed by atoms with van der Waals surface area (Å²) in [6.07, 6.45) is 5.20. The van der Waals surface area contributed by atoms with E-state index in [1.54, 1.807) is 24.3 Å². The summed E-state index contributed by atoms with van der Waals surface area (Å²) in [7, 11) is 0. The number of fused-ring (bicyclic) bond motifs is 1. The fourth-order valence-electron chi connectivity index (χ4n) is 3.20. The number of phenolic OH excluding ortho intramolecular Hbond substituents is 1. The van der Waals surface area contributed by atoms with E-state index in [1.165, 1.54) is 0 Å². The normalized spacial score (nSPS) is 21.0. The van der Waals surface area contributed by atoms with Crippen molar-refractivity contribution in [2.75, 3.05) is 5.32 Å². The van der Waals surface area contributed by atoms with E-state index in [2.05, 4.69) is 15.3 Å². The van der Waals surface area contributed by atoms with Gasteiger partial charge in [0, 0.05) is 17.8 Å². The largest absolute Gasteiger partial charge is 0.508 e. The molecule has 1 aliphatic carbocycles. The van der Waals surface area contributed by atoms with Gasteiger partial charge in [0.05, 0.1) is 11.5 Å². The summed E-state index contributed by atoms with van der Waals surface area (Å²) in [6.45, 7) is 0. The zero-order valence-electron chi connectivity index (χ0n) is 13.2. The molecule has 4 N–H and O–H groups in total. The SMILES string of the molecule is Oc1ccc(-c2nc(N[C@H]3CC[C@H](O)CC3)c3cc[nH]c3n2)cc1. The van der Waals surface area contributed by atoms with E-state index in [1.807, 2.05) is 12.3 Å². The molecule has 0 bridgehead atoms. The Bertz CT molecular complexity index is 836. The zero-order chi connectivity index (χ0) is 16.5. The van der Waals surface area contributed by atoms with Crippen molar-refractivity contribution in [3.63, 3.8) is 0 Å². The maximum atomic E-state index is 9.67. The Hall–Kier alpha value is -2.60. The van der Waals surface area contributed by atoms with Crippen molar-refractivity contribution < 1.29 is 10.2 Å². The first kappa shape index (κ1) is 15.0. The predicted molar refractivity (Wildman–Crippen MR) is 92.9 cm³/mol. The maximum Gasteiger partial charge on any atom is 0.163 e. The summed E-state index contributed by atoms with van der Waals surface area (Å²) in [5.41, 5.74) is 1.64. The van der Waals surface area contributed by atoms with Crippen LogP contribution in [0.4, 0.5) is 5.82 Å². The quantitative estimate of drug-likeness (QED) is 0.594. The summed E-state index contributed by atoms with van der Waals surface area (Å²) < 4.78 is 0. The lowest BCUT2D eigenvalue weighted by Gasteiger charge is -2.26. The van der Waals surface area contributed by atoms with Crippen molar-refractivity contribution in [1.82, 2.24) is 15.0 Å². The van der Waals surface area contributed by atoms with E-state index in [4.69, 9.17) is 4.98 Å². The third-order valence-electron chi connectivity index (χ3n) is 4.58. The van der Waals surface area contributed by atoms with E-state index in [0.29, 0.717) is 11.9 Å². The molecule has 6 nitrogen and oxygen atoms in total. The number of phenols is 1. The molecule has 3 aromatic rings. The van der Waals surface area contributed by atoms with Gasteiger partial charge in [-0.15, -0.1) is 0 Å². The lowest BCUT2D eigenvalue weighted by molar-refractivity contribution is 0.126. The number of aliphatic hydroxyl groups excluding tert-OH is 1. The van der Waals surface area contributed by atoms with Crippen LogP contribution in [-0.4, -0.2) is 37.3 Å². The van der Waals surface area contributed by atoms with Crippen LogP contribution in [0.25, 0.3) is 22.4 Å². The standard InChI is InChI=1S/C18H20N4O2/c23-13-5-1-11(2-6-13)16-21-17-15(9-10-19-17)18(22-16)20-12-3-7-14(24)8-4-12/h1-2,5-6,9-10,12,14,23-24H,3-4,7-8H2,(H2,19,20,21,22)/t12-,14-. The van der Waals surface area contributed by atoms with Crippen LogP contribution in [0.15, 0.2) is 36.5 Å². The van der Waals surface area contributed by atoms with Gasteiger partial charge in [0.1, 0.15) is 17.2 Å². The number of aromatic nitrogens is 3. The van der Waals surface area contributed by atoms with Gasteiger partial charge in [-0.2, -0.15) is 0 Å². The average Bonchev–Trinajstić information content (AvgIpc) is 3.06. The molecule has 4 rings (SSSR count). The molecule has 0 unspecified atom stereocenters. The van der Waals surface area contributed by atoms with Crippen molar-refractivity contribution in [1.29, 1.82) is 0 Å². The molecule has 0 spiro atoms. The van der Waals surface area contributed by atoms with Crippen molar-refractivity contribution in [2.45, 2.75) is 37.8 Å². The Morgan fingerprint density at radius 2 is 1.75 bits per heavy atom. The third-order valence-corrected chi connectivity index (χ3v) is 4.58. The number of aliphatic hydroxyl groups is 1. The van der Waals surface area contributed by atoms with Gasteiger partial charge in [0.2, 0.25) is 0 Å². The number of benzene rings is 1. The van der Waals surface area contributed by atoms with Gasteiger partial charge in [0.25, 0.3) is 0 Å². The lowest BCUT2D eigenvalue weighted by Crippen LogP contribution is -2.28. The number of nitrogens with one attached hydrogen (secondary N) is 2. The summed E-state index contributed by atoms with van der Waals surface area (Å²) in [4.78, 5) is 12.4. The minimum Gasteiger partial charge on any atom is -0.508 e. The van der Waals surface area contributed by atoms with E-state index in [-0.39, 0.29) is 11.9 Å². The molecule has 24 heavy (non-hydrogen) atoms. The van der Waals surface area contributed by atoms with Crippen LogP contribution < -0.4 is 5.32 Å². The molecule has 1 aromatic carbocycles. The van der Waals surface area contributed by atoms with Crippen molar-refractivity contribution in [3.05, 3.63) is 36.5 Å². The van der Waals surface area contributed by atoms with Gasteiger partial charge in [-0.3, -0.25) is 0 Å². The average molecular weight is 324 g/mol. The maximum absolute atomic E-state index is 9.67. The van der Waals surface area contributed by atoms with E-state index in [9.17, 15) is 10.2 Å². The Kier molecular flexibility index (Phi) is 3.82.